The molecule has 0 aromatic heterocycles. The van der Waals surface area contributed by atoms with Crippen LogP contribution in [0.5, 0.6) is 5.75 Å². The lowest BCUT2D eigenvalue weighted by Crippen LogP contribution is -2.55. The van der Waals surface area contributed by atoms with Crippen LogP contribution in [0.3, 0.4) is 0 Å². The maximum atomic E-state index is 12.9. The molecule has 2 rings (SSSR count). The molecule has 1 fully saturated rings. The number of carboxylic acid groups (broad SMARTS) is 1. The van der Waals surface area contributed by atoms with Gasteiger partial charge in [-0.05, 0) is 28.1 Å². The number of benzene rings is 1. The summed E-state index contributed by atoms with van der Waals surface area (Å²) in [6.07, 6.45) is -1.16. The Bertz CT molecular complexity index is 421. The van der Waals surface area contributed by atoms with Gasteiger partial charge in [0.25, 0.3) is 0 Å². The Morgan fingerprint density at radius 2 is 2.25 bits per heavy atom. The first kappa shape index (κ1) is 11.2. The van der Waals surface area contributed by atoms with Crippen molar-refractivity contribution >= 4 is 22.0 Å². The quantitative estimate of drug-likeness (QED) is 0.909. The Balaban J connectivity index is 1.96. The average molecular weight is 290 g/mol. The largest absolute Gasteiger partial charge is 0.485 e. The molecule has 0 radical (unpaired) electrons. The maximum absolute atomic E-state index is 12.9. The van der Waals surface area contributed by atoms with Crippen molar-refractivity contribution in [1.82, 2.24) is 4.90 Å². The average Bonchev–Trinajstić information content (AvgIpc) is 2.15. The molecule has 16 heavy (non-hydrogen) atoms. The topological polar surface area (TPSA) is 49.8 Å². The van der Waals surface area contributed by atoms with Crippen LogP contribution in [0.4, 0.5) is 9.18 Å². The highest BCUT2D eigenvalue weighted by atomic mass is 79.9. The number of carbonyl (C=O) groups is 1. The normalized spacial score (nSPS) is 15.8. The smallest absolute Gasteiger partial charge is 0.407 e. The van der Waals surface area contributed by atoms with Gasteiger partial charge in [-0.3, -0.25) is 0 Å². The fourth-order valence-electron chi connectivity index (χ4n) is 1.42. The number of rotatable bonds is 2. The number of hydrogen-bond acceptors (Lipinski definition) is 2. The standard InChI is InChI=1S/C10H9BrFNO3/c11-8-2-1-6(12)3-9(8)16-7-4-13(5-7)10(14)15/h1-3,7H,4-5H2,(H,14,15). The highest BCUT2D eigenvalue weighted by Gasteiger charge is 2.32. The molecule has 0 unspecified atom stereocenters. The molecule has 0 saturated carbocycles. The van der Waals surface area contributed by atoms with Crippen molar-refractivity contribution in [3.63, 3.8) is 0 Å². The van der Waals surface area contributed by atoms with Gasteiger partial charge in [0, 0.05) is 6.07 Å². The zero-order valence-corrected chi connectivity index (χ0v) is 9.78. The van der Waals surface area contributed by atoms with Gasteiger partial charge in [0.15, 0.2) is 0 Å². The van der Waals surface area contributed by atoms with E-state index in [-0.39, 0.29) is 11.9 Å². The number of amides is 1. The first-order chi connectivity index (χ1) is 7.56. The summed E-state index contributed by atoms with van der Waals surface area (Å²) in [6.45, 7) is 0.635. The van der Waals surface area contributed by atoms with Crippen molar-refractivity contribution in [2.24, 2.45) is 0 Å². The maximum Gasteiger partial charge on any atom is 0.407 e. The molecule has 1 aliphatic rings. The molecule has 1 N–H and O–H groups in total. The Morgan fingerprint density at radius 1 is 1.56 bits per heavy atom. The van der Waals surface area contributed by atoms with Gasteiger partial charge in [0.2, 0.25) is 0 Å². The molecule has 0 aliphatic carbocycles. The molecule has 1 aromatic carbocycles. The van der Waals surface area contributed by atoms with Gasteiger partial charge in [0.05, 0.1) is 17.6 Å². The number of ether oxygens (including phenoxy) is 1. The molecular weight excluding hydrogens is 281 g/mol. The van der Waals surface area contributed by atoms with E-state index in [0.717, 1.165) is 0 Å². The molecule has 86 valence electrons. The zero-order valence-electron chi connectivity index (χ0n) is 8.19. The van der Waals surface area contributed by atoms with E-state index >= 15 is 0 Å². The second-order valence-corrected chi connectivity index (χ2v) is 4.36. The molecule has 1 aromatic rings. The highest BCUT2D eigenvalue weighted by Crippen LogP contribution is 2.28. The third-order valence-electron chi connectivity index (χ3n) is 2.31. The minimum atomic E-state index is -0.960. The van der Waals surface area contributed by atoms with Crippen molar-refractivity contribution in [3.05, 3.63) is 28.5 Å². The second-order valence-electron chi connectivity index (χ2n) is 3.50. The van der Waals surface area contributed by atoms with Gasteiger partial charge in [-0.25, -0.2) is 9.18 Å². The van der Waals surface area contributed by atoms with Crippen LogP contribution in [0.25, 0.3) is 0 Å². The summed E-state index contributed by atoms with van der Waals surface area (Å²) in [4.78, 5) is 11.7. The monoisotopic (exact) mass is 289 g/mol. The van der Waals surface area contributed by atoms with E-state index in [4.69, 9.17) is 9.84 Å². The third-order valence-corrected chi connectivity index (χ3v) is 2.96. The summed E-state index contributed by atoms with van der Waals surface area (Å²) in [5, 5.41) is 8.62. The SMILES string of the molecule is O=C(O)N1CC(Oc2cc(F)ccc2Br)C1. The van der Waals surface area contributed by atoms with Crippen molar-refractivity contribution in [3.8, 4) is 5.75 Å². The fourth-order valence-corrected chi connectivity index (χ4v) is 1.76. The van der Waals surface area contributed by atoms with E-state index in [1.54, 1.807) is 6.07 Å². The van der Waals surface area contributed by atoms with Crippen molar-refractivity contribution in [2.45, 2.75) is 6.10 Å². The van der Waals surface area contributed by atoms with Crippen LogP contribution < -0.4 is 4.74 Å². The first-order valence-corrected chi connectivity index (χ1v) is 5.45. The molecule has 6 heteroatoms. The molecule has 0 spiro atoms. The second kappa shape index (κ2) is 4.29. The van der Waals surface area contributed by atoms with Gasteiger partial charge in [-0.15, -0.1) is 0 Å². The lowest BCUT2D eigenvalue weighted by atomic mass is 10.2. The van der Waals surface area contributed by atoms with Crippen molar-refractivity contribution in [2.75, 3.05) is 13.1 Å². The summed E-state index contributed by atoms with van der Waals surface area (Å²) in [7, 11) is 0. The number of likely N-dealkylation sites (tertiary alicyclic amines) is 1. The Hall–Kier alpha value is -1.30. The lowest BCUT2D eigenvalue weighted by Gasteiger charge is -2.36. The lowest BCUT2D eigenvalue weighted by molar-refractivity contribution is 0.0246. The van der Waals surface area contributed by atoms with E-state index in [0.29, 0.717) is 23.3 Å². The van der Waals surface area contributed by atoms with Crippen LogP contribution in [-0.2, 0) is 0 Å². The predicted molar refractivity (Wildman–Crippen MR) is 58.1 cm³/mol. The summed E-state index contributed by atoms with van der Waals surface area (Å²) in [5.41, 5.74) is 0. The fraction of sp³-hybridized carbons (Fsp3) is 0.300. The summed E-state index contributed by atoms with van der Waals surface area (Å²) in [5.74, 6) is 0.0163. The number of halogens is 2. The molecule has 1 heterocycles. The van der Waals surface area contributed by atoms with Crippen molar-refractivity contribution < 1.29 is 19.0 Å². The first-order valence-electron chi connectivity index (χ1n) is 4.66. The zero-order chi connectivity index (χ0) is 11.7. The van der Waals surface area contributed by atoms with Crippen LogP contribution in [0, 0.1) is 5.82 Å². The molecule has 0 bridgehead atoms. The van der Waals surface area contributed by atoms with E-state index in [1.807, 2.05) is 0 Å². The van der Waals surface area contributed by atoms with Gasteiger partial charge in [0.1, 0.15) is 17.7 Å². The van der Waals surface area contributed by atoms with Crippen LogP contribution in [-0.4, -0.2) is 35.3 Å². The van der Waals surface area contributed by atoms with Gasteiger partial charge in [-0.1, -0.05) is 0 Å². The minimum Gasteiger partial charge on any atom is -0.485 e. The molecular formula is C10H9BrFNO3. The van der Waals surface area contributed by atoms with Crippen molar-refractivity contribution in [1.29, 1.82) is 0 Å². The Labute approximate surface area is 99.7 Å². The van der Waals surface area contributed by atoms with Crippen LogP contribution in [0.2, 0.25) is 0 Å². The molecule has 1 amide bonds. The Morgan fingerprint density at radius 3 is 2.88 bits per heavy atom. The van der Waals surface area contributed by atoms with Gasteiger partial charge < -0.3 is 14.7 Å². The predicted octanol–water partition coefficient (Wildman–Crippen LogP) is 2.33. The van der Waals surface area contributed by atoms with Gasteiger partial charge in [-0.2, -0.15) is 0 Å². The molecule has 0 atom stereocenters. The molecule has 4 nitrogen and oxygen atoms in total. The number of hydrogen-bond donors (Lipinski definition) is 1. The van der Waals surface area contributed by atoms with E-state index in [2.05, 4.69) is 15.9 Å². The molecule has 1 aliphatic heterocycles. The van der Waals surface area contributed by atoms with E-state index in [1.165, 1.54) is 17.0 Å². The molecule has 1 saturated heterocycles. The van der Waals surface area contributed by atoms with E-state index < -0.39 is 6.09 Å². The summed E-state index contributed by atoms with van der Waals surface area (Å²) < 4.78 is 19.0. The highest BCUT2D eigenvalue weighted by molar-refractivity contribution is 9.10. The van der Waals surface area contributed by atoms with Crippen LogP contribution in [0.1, 0.15) is 0 Å². The third kappa shape index (κ3) is 2.27. The Kier molecular flexibility index (Phi) is 3.00. The number of nitrogens with zero attached hydrogens (tertiary/aromatic N) is 1. The van der Waals surface area contributed by atoms with Crippen LogP contribution in [0.15, 0.2) is 22.7 Å². The minimum absolute atomic E-state index is 0.200. The summed E-state index contributed by atoms with van der Waals surface area (Å²) in [6, 6.07) is 4.15. The van der Waals surface area contributed by atoms with E-state index in [9.17, 15) is 9.18 Å². The van der Waals surface area contributed by atoms with Crippen LogP contribution >= 0.6 is 15.9 Å². The van der Waals surface area contributed by atoms with Gasteiger partial charge >= 0.3 is 6.09 Å². The summed E-state index contributed by atoms with van der Waals surface area (Å²) >= 11 is 3.23.